The highest BCUT2D eigenvalue weighted by Gasteiger charge is 2.35. The number of hydrogen-bond donors (Lipinski definition) is 1. The number of rotatable bonds is 8. The van der Waals surface area contributed by atoms with Gasteiger partial charge in [0, 0.05) is 17.3 Å². The molecule has 0 unspecified atom stereocenters. The quantitative estimate of drug-likeness (QED) is 0.453. The van der Waals surface area contributed by atoms with E-state index in [1.807, 2.05) is 24.3 Å². The largest absolute Gasteiger partial charge is 0.459 e. The summed E-state index contributed by atoms with van der Waals surface area (Å²) in [5.74, 6) is -0.584. The van der Waals surface area contributed by atoms with Crippen LogP contribution in [-0.2, 0) is 11.2 Å². The summed E-state index contributed by atoms with van der Waals surface area (Å²) >= 11 is 0. The molecule has 1 aromatic heterocycles. The molecule has 2 aromatic carbocycles. The van der Waals surface area contributed by atoms with Gasteiger partial charge >= 0.3 is 0 Å². The number of carbonyl (C=O) groups is 3. The van der Waals surface area contributed by atoms with Crippen LogP contribution in [0.25, 0.3) is 0 Å². The summed E-state index contributed by atoms with van der Waals surface area (Å²) in [5, 5.41) is 3.17. The minimum Gasteiger partial charge on any atom is -0.459 e. The molecule has 0 saturated heterocycles. The topological polar surface area (TPSA) is 79.6 Å². The first-order valence-corrected chi connectivity index (χ1v) is 11.8. The number of furan rings is 1. The maximum Gasteiger partial charge on any atom is 0.294 e. The lowest BCUT2D eigenvalue weighted by Crippen LogP contribution is -2.46. The van der Waals surface area contributed by atoms with Crippen LogP contribution in [0.1, 0.15) is 77.6 Å². The van der Waals surface area contributed by atoms with Gasteiger partial charge in [0.25, 0.3) is 5.91 Å². The van der Waals surface area contributed by atoms with Gasteiger partial charge in [-0.1, -0.05) is 44.0 Å². The van der Waals surface area contributed by atoms with E-state index >= 15 is 0 Å². The van der Waals surface area contributed by atoms with E-state index in [4.69, 9.17) is 4.42 Å². The number of anilines is 1. The SMILES string of the molecule is CCc1ccc([C@@H](C(=O)NC2CCCC2)N(C(=O)c2ccco2)c2ccc(C(C)=O)cc2)cc1. The first-order chi connectivity index (χ1) is 16.5. The zero-order chi connectivity index (χ0) is 24.1. The summed E-state index contributed by atoms with van der Waals surface area (Å²) in [7, 11) is 0. The van der Waals surface area contributed by atoms with Crippen LogP contribution in [0, 0.1) is 0 Å². The van der Waals surface area contributed by atoms with Gasteiger partial charge in [0.2, 0.25) is 5.91 Å². The summed E-state index contributed by atoms with van der Waals surface area (Å²) < 4.78 is 5.42. The number of aryl methyl sites for hydroxylation is 1. The Morgan fingerprint density at radius 1 is 1.00 bits per heavy atom. The lowest BCUT2D eigenvalue weighted by Gasteiger charge is -2.32. The molecular formula is C28H30N2O4. The van der Waals surface area contributed by atoms with Crippen molar-refractivity contribution in [3.63, 3.8) is 0 Å². The van der Waals surface area contributed by atoms with Crippen LogP contribution in [-0.4, -0.2) is 23.6 Å². The van der Waals surface area contributed by atoms with Crippen molar-refractivity contribution in [3.05, 3.63) is 89.4 Å². The fraction of sp³-hybridized carbons (Fsp3) is 0.321. The number of benzene rings is 2. The van der Waals surface area contributed by atoms with Crippen molar-refractivity contribution in [2.24, 2.45) is 0 Å². The van der Waals surface area contributed by atoms with Gasteiger partial charge in [0.05, 0.1) is 6.26 Å². The molecule has 6 heteroatoms. The minimum atomic E-state index is -0.896. The molecule has 1 aliphatic carbocycles. The van der Waals surface area contributed by atoms with Crippen LogP contribution < -0.4 is 10.2 Å². The predicted molar refractivity (Wildman–Crippen MR) is 131 cm³/mol. The Morgan fingerprint density at radius 3 is 2.24 bits per heavy atom. The highest BCUT2D eigenvalue weighted by atomic mass is 16.3. The Kier molecular flexibility index (Phi) is 7.26. The Morgan fingerprint density at radius 2 is 1.68 bits per heavy atom. The lowest BCUT2D eigenvalue weighted by molar-refractivity contribution is -0.123. The van der Waals surface area contributed by atoms with Crippen LogP contribution in [0.15, 0.2) is 71.3 Å². The molecule has 0 bridgehead atoms. The van der Waals surface area contributed by atoms with Crippen molar-refractivity contribution < 1.29 is 18.8 Å². The maximum absolute atomic E-state index is 13.7. The van der Waals surface area contributed by atoms with Crippen LogP contribution in [0.2, 0.25) is 0 Å². The second-order valence-corrected chi connectivity index (χ2v) is 8.74. The van der Waals surface area contributed by atoms with Gasteiger partial charge in [-0.2, -0.15) is 0 Å². The molecule has 0 radical (unpaired) electrons. The van der Waals surface area contributed by atoms with Crippen LogP contribution >= 0.6 is 0 Å². The first kappa shape index (κ1) is 23.5. The van der Waals surface area contributed by atoms with Crippen molar-refractivity contribution in [2.45, 2.75) is 58.0 Å². The highest BCUT2D eigenvalue weighted by molar-refractivity contribution is 6.09. The molecule has 34 heavy (non-hydrogen) atoms. The molecule has 4 rings (SSSR count). The number of nitrogens with one attached hydrogen (secondary N) is 1. The number of ketones is 1. The fourth-order valence-electron chi connectivity index (χ4n) is 4.46. The fourth-order valence-corrected chi connectivity index (χ4v) is 4.46. The number of carbonyl (C=O) groups excluding carboxylic acids is 3. The van der Waals surface area contributed by atoms with Crippen molar-refractivity contribution in [1.29, 1.82) is 0 Å². The first-order valence-electron chi connectivity index (χ1n) is 11.8. The van der Waals surface area contributed by atoms with Gasteiger partial charge < -0.3 is 9.73 Å². The van der Waals surface area contributed by atoms with E-state index < -0.39 is 11.9 Å². The second kappa shape index (κ2) is 10.5. The van der Waals surface area contributed by atoms with Crippen molar-refractivity contribution in [2.75, 3.05) is 4.90 Å². The van der Waals surface area contributed by atoms with Gasteiger partial charge in [0.15, 0.2) is 11.5 Å². The van der Waals surface area contributed by atoms with E-state index in [9.17, 15) is 14.4 Å². The van der Waals surface area contributed by atoms with E-state index in [0.29, 0.717) is 16.8 Å². The van der Waals surface area contributed by atoms with Gasteiger partial charge in [-0.15, -0.1) is 0 Å². The molecule has 1 N–H and O–H groups in total. The molecule has 2 amide bonds. The highest BCUT2D eigenvalue weighted by Crippen LogP contribution is 2.31. The third kappa shape index (κ3) is 5.11. The Balaban J connectivity index is 1.80. The van der Waals surface area contributed by atoms with Crippen LogP contribution in [0.4, 0.5) is 5.69 Å². The average Bonchev–Trinajstić information content (AvgIpc) is 3.57. The molecule has 1 aliphatic rings. The summed E-state index contributed by atoms with van der Waals surface area (Å²) in [6, 6.07) is 17.0. The Hall–Kier alpha value is -3.67. The van der Waals surface area contributed by atoms with Gasteiger partial charge in [0.1, 0.15) is 6.04 Å². The molecule has 1 fully saturated rings. The molecule has 176 valence electrons. The van der Waals surface area contributed by atoms with Gasteiger partial charge in [-0.3, -0.25) is 19.3 Å². The van der Waals surface area contributed by atoms with E-state index in [1.165, 1.54) is 18.1 Å². The van der Waals surface area contributed by atoms with Crippen LogP contribution in [0.5, 0.6) is 0 Å². The van der Waals surface area contributed by atoms with Crippen molar-refractivity contribution in [1.82, 2.24) is 5.32 Å². The average molecular weight is 459 g/mol. The Bertz CT molecular complexity index is 1130. The van der Waals surface area contributed by atoms with E-state index in [-0.39, 0.29) is 23.5 Å². The molecule has 1 saturated carbocycles. The lowest BCUT2D eigenvalue weighted by atomic mass is 9.99. The standard InChI is InChI=1S/C28H30N2O4/c1-3-20-10-12-22(13-11-20)26(27(32)29-23-7-4-5-8-23)30(28(33)25-9-6-18-34-25)24-16-14-21(15-17-24)19(2)31/h6,9-18,23,26H,3-5,7-8H2,1-2H3,(H,29,32)/t26-/m0/s1. The van der Waals surface area contributed by atoms with Gasteiger partial charge in [-0.25, -0.2) is 0 Å². The van der Waals surface area contributed by atoms with Crippen molar-refractivity contribution >= 4 is 23.3 Å². The zero-order valence-electron chi connectivity index (χ0n) is 19.6. The third-order valence-corrected chi connectivity index (χ3v) is 6.41. The smallest absolute Gasteiger partial charge is 0.294 e. The molecular weight excluding hydrogens is 428 g/mol. The predicted octanol–water partition coefficient (Wildman–Crippen LogP) is 5.49. The summed E-state index contributed by atoms with van der Waals surface area (Å²) in [6.07, 6.45) is 6.36. The molecule has 1 atom stereocenters. The summed E-state index contributed by atoms with van der Waals surface area (Å²) in [6.45, 7) is 3.57. The summed E-state index contributed by atoms with van der Waals surface area (Å²) in [5.41, 5.74) is 2.91. The van der Waals surface area contributed by atoms with Crippen molar-refractivity contribution in [3.8, 4) is 0 Å². The second-order valence-electron chi connectivity index (χ2n) is 8.74. The zero-order valence-corrected chi connectivity index (χ0v) is 19.6. The summed E-state index contributed by atoms with van der Waals surface area (Å²) in [4.78, 5) is 40.7. The number of amides is 2. The number of Topliss-reactive ketones (excluding diaryl/α,β-unsaturated/α-hetero) is 1. The van der Waals surface area contributed by atoms with E-state index in [1.54, 1.807) is 36.4 Å². The van der Waals surface area contributed by atoms with Crippen LogP contribution in [0.3, 0.4) is 0 Å². The van der Waals surface area contributed by atoms with E-state index in [0.717, 1.165) is 37.7 Å². The molecule has 0 spiro atoms. The normalized spacial score (nSPS) is 14.5. The van der Waals surface area contributed by atoms with E-state index in [2.05, 4.69) is 12.2 Å². The van der Waals surface area contributed by atoms with Gasteiger partial charge in [-0.05, 0) is 73.7 Å². The molecule has 0 aliphatic heterocycles. The third-order valence-electron chi connectivity index (χ3n) is 6.41. The molecule has 6 nitrogen and oxygen atoms in total. The minimum absolute atomic E-state index is 0.0684. The number of hydrogen-bond acceptors (Lipinski definition) is 4. The molecule has 1 heterocycles. The monoisotopic (exact) mass is 458 g/mol. The maximum atomic E-state index is 13.7. The number of nitrogens with zero attached hydrogens (tertiary/aromatic N) is 1. The Labute approximate surface area is 200 Å². The molecule has 3 aromatic rings.